The molecule has 0 saturated heterocycles. The van der Waals surface area contributed by atoms with Gasteiger partial charge in [0.05, 0.1) is 5.60 Å². The summed E-state index contributed by atoms with van der Waals surface area (Å²) >= 11 is 5.38. The molecule has 56 heavy (non-hydrogen) atoms. The minimum absolute atomic E-state index is 0. The van der Waals surface area contributed by atoms with Crippen LogP contribution in [0, 0.1) is 28.1 Å². The molecule has 0 fully saturated rings. The van der Waals surface area contributed by atoms with Crippen LogP contribution < -0.4 is 0 Å². The number of Topliss-reactive ketones (excluding diaryl/α,β-unsaturated/α-hetero) is 1. The molecule has 0 atom stereocenters. The van der Waals surface area contributed by atoms with Gasteiger partial charge in [-0.3, -0.25) is 4.79 Å². The Morgan fingerprint density at radius 3 is 1.29 bits per heavy atom. The molecule has 0 aromatic rings. The zero-order chi connectivity index (χ0) is 44.2. The summed E-state index contributed by atoms with van der Waals surface area (Å²) in [5.74, 6) is 7.23. The Bertz CT molecular complexity index is 1010. The minimum atomic E-state index is -0.848. The molecule has 0 aliphatic heterocycles. The highest BCUT2D eigenvalue weighted by Gasteiger charge is 2.19. The number of aliphatic hydroxyl groups is 2. The summed E-state index contributed by atoms with van der Waals surface area (Å²) in [6.07, 6.45) is 27.3. The van der Waals surface area contributed by atoms with E-state index in [-0.39, 0.29) is 24.0 Å². The summed E-state index contributed by atoms with van der Waals surface area (Å²) in [5, 5.41) is 19.0. The molecule has 0 heterocycles. The normalized spacial score (nSPS) is 11.4. The number of alkyl halides is 1. The van der Waals surface area contributed by atoms with Gasteiger partial charge >= 0.3 is 0 Å². The second-order valence-corrected chi connectivity index (χ2v) is 19.6. The largest absolute Gasteiger partial charge is 0.386 e. The van der Waals surface area contributed by atoms with E-state index >= 15 is 0 Å². The Balaban J connectivity index is -0.000000144. The Labute approximate surface area is 358 Å². The number of ketones is 2. The van der Waals surface area contributed by atoms with Crippen molar-refractivity contribution in [3.8, 4) is 11.8 Å². The molecule has 5 heteroatoms. The first-order chi connectivity index (χ1) is 25.1. The number of carbonyl (C=O) groups is 2. The van der Waals surface area contributed by atoms with E-state index in [4.69, 9.17) is 11.6 Å². The number of halogens is 1. The lowest BCUT2D eigenvalue weighted by atomic mass is 9.82. The van der Waals surface area contributed by atoms with Crippen LogP contribution in [0.1, 0.15) is 248 Å². The highest BCUT2D eigenvalue weighted by molar-refractivity contribution is 6.17. The van der Waals surface area contributed by atoms with Crippen molar-refractivity contribution in [2.75, 3.05) is 5.88 Å². The molecule has 0 amide bonds. The number of hydrogen-bond acceptors (Lipinski definition) is 4. The van der Waals surface area contributed by atoms with Gasteiger partial charge in [0.1, 0.15) is 11.4 Å². The predicted molar refractivity (Wildman–Crippen MR) is 255 cm³/mol. The quantitative estimate of drug-likeness (QED) is 0.0375. The van der Waals surface area contributed by atoms with Crippen molar-refractivity contribution in [3.63, 3.8) is 0 Å². The lowest BCUT2D eigenvalue weighted by molar-refractivity contribution is -0.119. The first-order valence-electron chi connectivity index (χ1n) is 21.9. The standard InChI is InChI=1S/C14H28O.C14H26O.C11H22O.C6H10O.C5H11Cl.CH4/c2*1-6-7-8-10-13(2,3)11-9-12-14(4,5)15;1-5-6-7-8-11(3,4)9-10(2)12;1-5(2)4-6(3)7;1-2-3-4-5-6;/h9,12,15H,6-8,10-11H2,1-5H3;15H,6-8,10-11H2,1-5H3;5-9H2,1-4H3;4H,1-3H3;2-5H2,1H3;1H4/b12-9-;;;;;. The second-order valence-electron chi connectivity index (χ2n) is 19.3. The van der Waals surface area contributed by atoms with Crippen LogP contribution in [0.2, 0.25) is 0 Å². The van der Waals surface area contributed by atoms with Gasteiger partial charge in [0.2, 0.25) is 0 Å². The lowest BCUT2D eigenvalue weighted by Gasteiger charge is -2.23. The van der Waals surface area contributed by atoms with E-state index < -0.39 is 11.2 Å². The smallest absolute Gasteiger partial charge is 0.152 e. The molecule has 0 spiro atoms. The van der Waals surface area contributed by atoms with Crippen molar-refractivity contribution in [1.29, 1.82) is 0 Å². The maximum atomic E-state index is 10.9. The molecule has 336 valence electrons. The second kappa shape index (κ2) is 39.1. The maximum Gasteiger partial charge on any atom is 0.152 e. The molecule has 0 rings (SSSR count). The fourth-order valence-corrected chi connectivity index (χ4v) is 5.62. The zero-order valence-corrected chi connectivity index (χ0v) is 41.0. The van der Waals surface area contributed by atoms with Crippen LogP contribution in [0.25, 0.3) is 0 Å². The molecular weight excluding hydrogens is 712 g/mol. The van der Waals surface area contributed by atoms with Crippen molar-refractivity contribution in [2.24, 2.45) is 16.2 Å². The van der Waals surface area contributed by atoms with Crippen molar-refractivity contribution >= 4 is 23.2 Å². The summed E-state index contributed by atoms with van der Waals surface area (Å²) in [6.45, 7) is 36.4. The van der Waals surface area contributed by atoms with Crippen LogP contribution in [0.5, 0.6) is 0 Å². The Morgan fingerprint density at radius 1 is 0.607 bits per heavy atom. The fourth-order valence-electron chi connectivity index (χ4n) is 5.43. The van der Waals surface area contributed by atoms with Crippen LogP contribution >= 0.6 is 11.6 Å². The van der Waals surface area contributed by atoms with E-state index in [0.29, 0.717) is 11.2 Å². The van der Waals surface area contributed by atoms with Crippen LogP contribution in [0.15, 0.2) is 23.8 Å². The monoisotopic (exact) mass is 813 g/mol. The van der Waals surface area contributed by atoms with Crippen molar-refractivity contribution in [3.05, 3.63) is 23.8 Å². The molecule has 0 saturated carbocycles. The number of hydrogen-bond donors (Lipinski definition) is 2. The van der Waals surface area contributed by atoms with E-state index in [1.165, 1.54) is 96.3 Å². The minimum Gasteiger partial charge on any atom is -0.386 e. The summed E-state index contributed by atoms with van der Waals surface area (Å²) in [6, 6.07) is 0. The third-order valence-electron chi connectivity index (χ3n) is 8.49. The molecule has 0 aliphatic rings. The van der Waals surface area contributed by atoms with E-state index in [0.717, 1.165) is 30.7 Å². The van der Waals surface area contributed by atoms with Crippen LogP contribution in [-0.4, -0.2) is 38.9 Å². The van der Waals surface area contributed by atoms with Gasteiger partial charge in [0.15, 0.2) is 5.78 Å². The van der Waals surface area contributed by atoms with E-state index in [9.17, 15) is 19.8 Å². The highest BCUT2D eigenvalue weighted by Crippen LogP contribution is 2.29. The van der Waals surface area contributed by atoms with Gasteiger partial charge in [-0.1, -0.05) is 177 Å². The van der Waals surface area contributed by atoms with E-state index in [2.05, 4.69) is 87.2 Å². The summed E-state index contributed by atoms with van der Waals surface area (Å²) in [4.78, 5) is 21.1. The molecule has 0 aromatic carbocycles. The maximum absolute atomic E-state index is 10.9. The first kappa shape index (κ1) is 66.4. The average Bonchev–Trinajstić information content (AvgIpc) is 2.98. The molecule has 2 N–H and O–H groups in total. The Kier molecular flexibility index (Phi) is 46.3. The topological polar surface area (TPSA) is 74.6 Å². The summed E-state index contributed by atoms with van der Waals surface area (Å²) in [7, 11) is 0. The van der Waals surface area contributed by atoms with E-state index in [1.54, 1.807) is 33.8 Å². The van der Waals surface area contributed by atoms with Gasteiger partial charge in [0, 0.05) is 18.7 Å². The number of unbranched alkanes of at least 4 members (excludes halogenated alkanes) is 8. The van der Waals surface area contributed by atoms with Gasteiger partial charge in [0.25, 0.3) is 0 Å². The third-order valence-corrected chi connectivity index (χ3v) is 8.75. The van der Waals surface area contributed by atoms with Crippen LogP contribution in [0.3, 0.4) is 0 Å². The van der Waals surface area contributed by atoms with E-state index in [1.807, 2.05) is 33.8 Å². The fraction of sp³-hybridized carbons (Fsp3) is 0.843. The van der Waals surface area contributed by atoms with Crippen LogP contribution in [-0.2, 0) is 9.59 Å². The zero-order valence-electron chi connectivity index (χ0n) is 40.3. The molecule has 0 bridgehead atoms. The van der Waals surface area contributed by atoms with Crippen molar-refractivity contribution in [2.45, 2.75) is 259 Å². The first-order valence-corrected chi connectivity index (χ1v) is 22.4. The Hall–Kier alpha value is -1.41. The molecule has 4 nitrogen and oxygen atoms in total. The molecule has 0 aliphatic carbocycles. The lowest BCUT2D eigenvalue weighted by Crippen LogP contribution is -2.15. The molecule has 0 aromatic heterocycles. The summed E-state index contributed by atoms with van der Waals surface area (Å²) in [5.41, 5.74) is 0.428. The average molecular weight is 814 g/mol. The van der Waals surface area contributed by atoms with Crippen molar-refractivity contribution in [1.82, 2.24) is 0 Å². The highest BCUT2D eigenvalue weighted by atomic mass is 35.5. The van der Waals surface area contributed by atoms with Gasteiger partial charge in [-0.15, -0.1) is 11.6 Å². The van der Waals surface area contributed by atoms with Crippen molar-refractivity contribution < 1.29 is 19.8 Å². The molecule has 0 unspecified atom stereocenters. The van der Waals surface area contributed by atoms with Gasteiger partial charge < -0.3 is 15.0 Å². The predicted octanol–water partition coefficient (Wildman–Crippen LogP) is 16.2. The number of carbonyl (C=O) groups excluding carboxylic acids is 2. The van der Waals surface area contributed by atoms with Gasteiger partial charge in [-0.05, 0) is 110 Å². The number of rotatable bonds is 22. The Morgan fingerprint density at radius 2 is 1.00 bits per heavy atom. The molecular formula is C51H101ClO4. The summed E-state index contributed by atoms with van der Waals surface area (Å²) < 4.78 is 0. The molecule has 0 radical (unpaired) electrons. The van der Waals surface area contributed by atoms with Gasteiger partial charge in [-0.25, -0.2) is 0 Å². The number of allylic oxidation sites excluding steroid dienone is 3. The van der Waals surface area contributed by atoms with Crippen LogP contribution in [0.4, 0.5) is 0 Å². The SMILES string of the molecule is C.CC(=O)C=C(C)C.CCCCCC(C)(C)C/C=C\C(C)(C)O.CCCCCC(C)(C)CC#CC(C)(C)O.CCCCCC(C)(C)CC(C)=O.CCCCCCl. The third kappa shape index (κ3) is 70.4. The van der Waals surface area contributed by atoms with Gasteiger partial charge in [-0.2, -0.15) is 0 Å².